The lowest BCUT2D eigenvalue weighted by atomic mass is 10.1. The maximum atomic E-state index is 13.3. The maximum Gasteiger partial charge on any atom is 0.251 e. The van der Waals surface area contributed by atoms with Gasteiger partial charge in [-0.2, -0.15) is 0 Å². The monoisotopic (exact) mass is 438 g/mol. The first-order chi connectivity index (χ1) is 15.4. The van der Waals surface area contributed by atoms with Crippen LogP contribution in [0.15, 0.2) is 48.5 Å². The van der Waals surface area contributed by atoms with Crippen LogP contribution in [0.4, 0.5) is 4.39 Å². The summed E-state index contributed by atoms with van der Waals surface area (Å²) < 4.78 is 13.2. The number of halogens is 1. The second-order valence-electron chi connectivity index (χ2n) is 8.93. The van der Waals surface area contributed by atoms with E-state index in [0.717, 1.165) is 30.6 Å². The Morgan fingerprint density at radius 1 is 1.03 bits per heavy atom. The van der Waals surface area contributed by atoms with Crippen molar-refractivity contribution in [2.24, 2.45) is 0 Å². The van der Waals surface area contributed by atoms with Crippen LogP contribution in [0.3, 0.4) is 0 Å². The van der Waals surface area contributed by atoms with Crippen molar-refractivity contribution >= 4 is 11.8 Å². The molecule has 7 heteroatoms. The van der Waals surface area contributed by atoms with Crippen molar-refractivity contribution in [3.8, 4) is 0 Å². The first kappa shape index (κ1) is 22.4. The van der Waals surface area contributed by atoms with E-state index in [1.165, 1.54) is 12.1 Å². The number of carbonyl (C=O) groups is 2. The van der Waals surface area contributed by atoms with Crippen LogP contribution in [0.2, 0.25) is 0 Å². The number of nitrogens with one attached hydrogen (secondary N) is 2. The molecular weight excluding hydrogens is 407 g/mol. The predicted molar refractivity (Wildman–Crippen MR) is 122 cm³/mol. The van der Waals surface area contributed by atoms with Gasteiger partial charge in [0.05, 0.1) is 0 Å². The van der Waals surface area contributed by atoms with Gasteiger partial charge in [-0.15, -0.1) is 0 Å². The van der Waals surface area contributed by atoms with Crippen molar-refractivity contribution < 1.29 is 14.0 Å². The fourth-order valence-corrected chi connectivity index (χ4v) is 4.16. The highest BCUT2D eigenvalue weighted by atomic mass is 19.1. The van der Waals surface area contributed by atoms with Crippen LogP contribution in [0, 0.1) is 12.7 Å². The molecular formula is C25H31FN4O2. The third kappa shape index (κ3) is 5.53. The summed E-state index contributed by atoms with van der Waals surface area (Å²) in [4.78, 5) is 30.1. The Bertz CT molecular complexity index is 939. The highest BCUT2D eigenvalue weighted by molar-refractivity contribution is 5.97. The molecule has 170 valence electrons. The van der Waals surface area contributed by atoms with E-state index in [2.05, 4.69) is 15.5 Å². The number of piperazine rings is 1. The SMILES string of the molecule is Cc1ccc(C(=O)NC(CN[C@@H]2C[C@H]2c2ccc(F)cc2)C(=O)N2CCN(C)CC2)cc1. The average molecular weight is 439 g/mol. The first-order valence-corrected chi connectivity index (χ1v) is 11.2. The van der Waals surface area contributed by atoms with Crippen LogP contribution in [0.1, 0.15) is 33.8 Å². The second-order valence-corrected chi connectivity index (χ2v) is 8.93. The predicted octanol–water partition coefficient (Wildman–Crippen LogP) is 2.15. The van der Waals surface area contributed by atoms with E-state index >= 15 is 0 Å². The molecule has 0 aromatic heterocycles. The van der Waals surface area contributed by atoms with Gasteiger partial charge in [0.25, 0.3) is 5.91 Å². The minimum Gasteiger partial charge on any atom is -0.339 e. The lowest BCUT2D eigenvalue weighted by molar-refractivity contribution is -0.134. The van der Waals surface area contributed by atoms with Gasteiger partial charge in [0.15, 0.2) is 0 Å². The molecule has 0 radical (unpaired) electrons. The van der Waals surface area contributed by atoms with Crippen LogP contribution in [0.25, 0.3) is 0 Å². The Morgan fingerprint density at radius 3 is 2.34 bits per heavy atom. The molecule has 1 heterocycles. The Hall–Kier alpha value is -2.77. The Labute approximate surface area is 188 Å². The topological polar surface area (TPSA) is 64.7 Å². The van der Waals surface area contributed by atoms with E-state index in [4.69, 9.17) is 0 Å². The van der Waals surface area contributed by atoms with Crippen LogP contribution < -0.4 is 10.6 Å². The van der Waals surface area contributed by atoms with Crippen molar-refractivity contribution in [2.75, 3.05) is 39.8 Å². The zero-order valence-electron chi connectivity index (χ0n) is 18.7. The Kier molecular flexibility index (Phi) is 6.86. The quantitative estimate of drug-likeness (QED) is 0.695. The van der Waals surface area contributed by atoms with Crippen LogP contribution in [-0.4, -0.2) is 73.5 Å². The molecule has 3 atom stereocenters. The lowest BCUT2D eigenvalue weighted by Crippen LogP contribution is -2.57. The molecule has 4 rings (SSSR count). The minimum atomic E-state index is -0.637. The van der Waals surface area contributed by atoms with Gasteiger partial charge in [-0.1, -0.05) is 29.8 Å². The van der Waals surface area contributed by atoms with E-state index in [1.807, 2.05) is 43.1 Å². The molecule has 1 saturated carbocycles. The number of carbonyl (C=O) groups excluding carboxylic acids is 2. The van der Waals surface area contributed by atoms with Crippen molar-refractivity contribution in [1.29, 1.82) is 0 Å². The lowest BCUT2D eigenvalue weighted by Gasteiger charge is -2.35. The van der Waals surface area contributed by atoms with Crippen LogP contribution in [-0.2, 0) is 4.79 Å². The summed E-state index contributed by atoms with van der Waals surface area (Å²) in [5.74, 6) is -0.228. The van der Waals surface area contributed by atoms with Gasteiger partial charge in [-0.05, 0) is 50.2 Å². The van der Waals surface area contributed by atoms with Gasteiger partial charge in [0.2, 0.25) is 5.91 Å². The molecule has 1 saturated heterocycles. The molecule has 1 aliphatic carbocycles. The maximum absolute atomic E-state index is 13.3. The second kappa shape index (κ2) is 9.79. The molecule has 6 nitrogen and oxygen atoms in total. The summed E-state index contributed by atoms with van der Waals surface area (Å²) in [5.41, 5.74) is 2.71. The van der Waals surface area contributed by atoms with Gasteiger partial charge in [0.1, 0.15) is 11.9 Å². The summed E-state index contributed by atoms with van der Waals surface area (Å²) >= 11 is 0. The number of likely N-dealkylation sites (N-methyl/N-ethyl adjacent to an activating group) is 1. The number of aryl methyl sites for hydroxylation is 1. The highest BCUT2D eigenvalue weighted by Crippen LogP contribution is 2.40. The van der Waals surface area contributed by atoms with Gasteiger partial charge >= 0.3 is 0 Å². The number of amides is 2. The molecule has 2 aromatic rings. The molecule has 1 unspecified atom stereocenters. The number of benzene rings is 2. The molecule has 1 aliphatic heterocycles. The third-order valence-corrected chi connectivity index (χ3v) is 6.40. The number of hydrogen-bond acceptors (Lipinski definition) is 4. The third-order valence-electron chi connectivity index (χ3n) is 6.40. The molecule has 32 heavy (non-hydrogen) atoms. The fourth-order valence-electron chi connectivity index (χ4n) is 4.16. The van der Waals surface area contributed by atoms with E-state index in [0.29, 0.717) is 31.1 Å². The Morgan fingerprint density at radius 2 is 1.69 bits per heavy atom. The van der Waals surface area contributed by atoms with Crippen molar-refractivity contribution in [3.05, 3.63) is 71.0 Å². The van der Waals surface area contributed by atoms with Crippen molar-refractivity contribution in [1.82, 2.24) is 20.4 Å². The zero-order chi connectivity index (χ0) is 22.7. The average Bonchev–Trinajstić information content (AvgIpc) is 3.57. The van der Waals surface area contributed by atoms with E-state index in [-0.39, 0.29) is 23.7 Å². The largest absolute Gasteiger partial charge is 0.339 e. The standard InChI is InChI=1S/C25H31FN4O2/c1-17-3-5-19(6-4-17)24(31)28-23(25(32)30-13-11-29(2)12-14-30)16-27-22-15-21(22)18-7-9-20(26)10-8-18/h3-10,21-23,27H,11-16H2,1-2H3,(H,28,31)/t21-,22+,23?/m0/s1. The molecule has 2 N–H and O–H groups in total. The number of nitrogens with zero attached hydrogens (tertiary/aromatic N) is 2. The van der Waals surface area contributed by atoms with Gasteiger partial charge in [0, 0.05) is 50.2 Å². The minimum absolute atomic E-state index is 0.0509. The van der Waals surface area contributed by atoms with Gasteiger partial charge < -0.3 is 20.4 Å². The molecule has 0 spiro atoms. The van der Waals surface area contributed by atoms with Crippen molar-refractivity contribution in [2.45, 2.75) is 31.3 Å². The van der Waals surface area contributed by atoms with Crippen LogP contribution in [0.5, 0.6) is 0 Å². The molecule has 2 aromatic carbocycles. The normalized spacial score (nSPS) is 21.8. The van der Waals surface area contributed by atoms with E-state index < -0.39 is 6.04 Å². The van der Waals surface area contributed by atoms with Crippen molar-refractivity contribution in [3.63, 3.8) is 0 Å². The van der Waals surface area contributed by atoms with E-state index in [9.17, 15) is 14.0 Å². The molecule has 2 aliphatic rings. The summed E-state index contributed by atoms with van der Waals surface area (Å²) in [6, 6.07) is 13.5. The molecule has 2 amide bonds. The molecule has 2 fully saturated rings. The summed E-state index contributed by atoms with van der Waals surface area (Å²) in [6.07, 6.45) is 0.937. The van der Waals surface area contributed by atoms with Crippen LogP contribution >= 0.6 is 0 Å². The Balaban J connectivity index is 1.40. The van der Waals surface area contributed by atoms with Gasteiger partial charge in [-0.25, -0.2) is 4.39 Å². The fraction of sp³-hybridized carbons (Fsp3) is 0.440. The van der Waals surface area contributed by atoms with E-state index in [1.54, 1.807) is 12.1 Å². The molecule has 0 bridgehead atoms. The summed E-state index contributed by atoms with van der Waals surface area (Å²) in [7, 11) is 2.04. The first-order valence-electron chi connectivity index (χ1n) is 11.2. The van der Waals surface area contributed by atoms with Gasteiger partial charge in [-0.3, -0.25) is 9.59 Å². The number of rotatable bonds is 7. The smallest absolute Gasteiger partial charge is 0.251 e. The highest BCUT2D eigenvalue weighted by Gasteiger charge is 2.39. The number of hydrogen-bond donors (Lipinski definition) is 2. The zero-order valence-corrected chi connectivity index (χ0v) is 18.7. The summed E-state index contributed by atoms with van der Waals surface area (Å²) in [6.45, 7) is 5.31. The summed E-state index contributed by atoms with van der Waals surface area (Å²) in [5, 5.41) is 6.40.